The average molecular weight is 287 g/mol. The third-order valence-electron chi connectivity index (χ3n) is 2.97. The first kappa shape index (κ1) is 14.7. The maximum Gasteiger partial charge on any atom is 0.291 e. The third-order valence-corrected chi connectivity index (χ3v) is 2.97. The van der Waals surface area contributed by atoms with Crippen LogP contribution in [0.2, 0.25) is 0 Å². The number of carbonyl (C=O) groups excluding carboxylic acids is 2. The minimum Gasteiger partial charge on any atom is -0.355 e. The molecule has 7 heteroatoms. The van der Waals surface area contributed by atoms with Gasteiger partial charge in [-0.15, -0.1) is 5.10 Å². The maximum atomic E-state index is 11.8. The molecule has 1 heterocycles. The quantitative estimate of drug-likeness (QED) is 0.752. The van der Waals surface area contributed by atoms with Crippen molar-refractivity contribution in [2.75, 3.05) is 7.05 Å². The molecule has 110 valence electrons. The van der Waals surface area contributed by atoms with Crippen molar-refractivity contribution in [1.29, 1.82) is 0 Å². The van der Waals surface area contributed by atoms with E-state index in [-0.39, 0.29) is 17.6 Å². The molecule has 0 spiro atoms. The van der Waals surface area contributed by atoms with Gasteiger partial charge in [0.15, 0.2) is 0 Å². The molecule has 21 heavy (non-hydrogen) atoms. The molecule has 1 aromatic heterocycles. The van der Waals surface area contributed by atoms with Gasteiger partial charge in [-0.25, -0.2) is 4.98 Å². The van der Waals surface area contributed by atoms with Gasteiger partial charge in [0.05, 0.1) is 0 Å². The first-order chi connectivity index (χ1) is 10.1. The van der Waals surface area contributed by atoms with E-state index < -0.39 is 0 Å². The molecule has 2 amide bonds. The largest absolute Gasteiger partial charge is 0.355 e. The smallest absolute Gasteiger partial charge is 0.291 e. The fourth-order valence-electron chi connectivity index (χ4n) is 1.73. The summed E-state index contributed by atoms with van der Waals surface area (Å²) < 4.78 is 0. The first-order valence-corrected chi connectivity index (χ1v) is 6.64. The van der Waals surface area contributed by atoms with Gasteiger partial charge >= 0.3 is 0 Å². The Balaban J connectivity index is 1.93. The molecule has 0 saturated heterocycles. The van der Waals surface area contributed by atoms with Crippen LogP contribution in [0.15, 0.2) is 24.3 Å². The van der Waals surface area contributed by atoms with Crippen molar-refractivity contribution in [2.24, 2.45) is 0 Å². The van der Waals surface area contributed by atoms with E-state index in [1.54, 1.807) is 31.3 Å². The van der Waals surface area contributed by atoms with E-state index in [0.29, 0.717) is 24.4 Å². The van der Waals surface area contributed by atoms with Crippen LogP contribution in [0, 0.1) is 0 Å². The highest BCUT2D eigenvalue weighted by molar-refractivity contribution is 5.94. The van der Waals surface area contributed by atoms with E-state index >= 15 is 0 Å². The van der Waals surface area contributed by atoms with E-state index in [1.807, 2.05) is 6.92 Å². The van der Waals surface area contributed by atoms with Gasteiger partial charge in [-0.05, 0) is 17.7 Å². The molecule has 0 radical (unpaired) electrons. The summed E-state index contributed by atoms with van der Waals surface area (Å²) in [5.41, 5.74) is 1.47. The molecule has 0 saturated carbocycles. The maximum absolute atomic E-state index is 11.8. The molecule has 0 fully saturated rings. The summed E-state index contributed by atoms with van der Waals surface area (Å²) in [5, 5.41) is 11.8. The zero-order chi connectivity index (χ0) is 15.2. The Labute approximate surface area is 122 Å². The van der Waals surface area contributed by atoms with Crippen LogP contribution in [0.25, 0.3) is 0 Å². The van der Waals surface area contributed by atoms with Crippen molar-refractivity contribution in [2.45, 2.75) is 19.9 Å². The lowest BCUT2D eigenvalue weighted by molar-refractivity contribution is 0.0937. The van der Waals surface area contributed by atoms with Crippen LogP contribution in [-0.2, 0) is 13.0 Å². The molecule has 0 bridgehead atoms. The highest BCUT2D eigenvalue weighted by Crippen LogP contribution is 2.04. The molecule has 0 unspecified atom stereocenters. The van der Waals surface area contributed by atoms with E-state index in [0.717, 1.165) is 5.56 Å². The SMILES string of the molecule is CCc1nc(C(=O)NCc2ccc(C(=O)NC)cc2)n[nH]1. The van der Waals surface area contributed by atoms with Gasteiger partial charge in [0.1, 0.15) is 5.82 Å². The number of amides is 2. The summed E-state index contributed by atoms with van der Waals surface area (Å²) in [6.45, 7) is 2.28. The predicted molar refractivity (Wildman–Crippen MR) is 76.8 cm³/mol. The molecule has 2 rings (SSSR count). The third kappa shape index (κ3) is 3.65. The Hall–Kier alpha value is -2.70. The lowest BCUT2D eigenvalue weighted by Gasteiger charge is -2.04. The minimum absolute atomic E-state index is 0.133. The lowest BCUT2D eigenvalue weighted by Crippen LogP contribution is -2.24. The summed E-state index contributed by atoms with van der Waals surface area (Å²) in [4.78, 5) is 27.3. The van der Waals surface area contributed by atoms with Gasteiger partial charge in [-0.1, -0.05) is 19.1 Å². The zero-order valence-corrected chi connectivity index (χ0v) is 11.9. The van der Waals surface area contributed by atoms with Crippen molar-refractivity contribution in [3.05, 3.63) is 47.0 Å². The number of nitrogens with one attached hydrogen (secondary N) is 3. The van der Waals surface area contributed by atoms with Crippen molar-refractivity contribution in [3.63, 3.8) is 0 Å². The molecular formula is C14H17N5O2. The summed E-state index contributed by atoms with van der Waals surface area (Å²) in [5.74, 6) is 0.337. The van der Waals surface area contributed by atoms with Gasteiger partial charge in [0, 0.05) is 25.6 Å². The normalized spacial score (nSPS) is 10.2. The molecule has 0 aliphatic rings. The summed E-state index contributed by atoms with van der Waals surface area (Å²) >= 11 is 0. The Morgan fingerprint density at radius 1 is 1.19 bits per heavy atom. The number of carbonyl (C=O) groups is 2. The Kier molecular flexibility index (Phi) is 4.65. The fraction of sp³-hybridized carbons (Fsp3) is 0.286. The number of nitrogens with zero attached hydrogens (tertiary/aromatic N) is 2. The van der Waals surface area contributed by atoms with Gasteiger partial charge in [0.2, 0.25) is 5.82 Å². The highest BCUT2D eigenvalue weighted by Gasteiger charge is 2.11. The number of H-pyrrole nitrogens is 1. The van der Waals surface area contributed by atoms with Crippen LogP contribution in [0.1, 0.15) is 39.3 Å². The summed E-state index contributed by atoms with van der Waals surface area (Å²) in [7, 11) is 1.58. The van der Waals surface area contributed by atoms with Crippen LogP contribution >= 0.6 is 0 Å². The topological polar surface area (TPSA) is 99.8 Å². The number of aromatic amines is 1. The second-order valence-corrected chi connectivity index (χ2v) is 4.42. The monoisotopic (exact) mass is 287 g/mol. The highest BCUT2D eigenvalue weighted by atomic mass is 16.2. The van der Waals surface area contributed by atoms with E-state index in [2.05, 4.69) is 25.8 Å². The van der Waals surface area contributed by atoms with Gasteiger partial charge in [0.25, 0.3) is 11.8 Å². The first-order valence-electron chi connectivity index (χ1n) is 6.64. The molecular weight excluding hydrogens is 270 g/mol. The minimum atomic E-state index is -0.332. The van der Waals surface area contributed by atoms with Crippen molar-refractivity contribution in [3.8, 4) is 0 Å². The summed E-state index contributed by atoms with van der Waals surface area (Å²) in [6.07, 6.45) is 0.696. The molecule has 1 aromatic carbocycles. The van der Waals surface area contributed by atoms with Crippen LogP contribution in [0.3, 0.4) is 0 Å². The number of rotatable bonds is 5. The molecule has 7 nitrogen and oxygen atoms in total. The van der Waals surface area contributed by atoms with E-state index in [1.165, 1.54) is 0 Å². The van der Waals surface area contributed by atoms with Gasteiger partial charge < -0.3 is 10.6 Å². The van der Waals surface area contributed by atoms with Crippen molar-refractivity contribution >= 4 is 11.8 Å². The van der Waals surface area contributed by atoms with Crippen molar-refractivity contribution in [1.82, 2.24) is 25.8 Å². The zero-order valence-electron chi connectivity index (χ0n) is 11.9. The number of aryl methyl sites for hydroxylation is 1. The fourth-order valence-corrected chi connectivity index (χ4v) is 1.73. The average Bonchev–Trinajstić information content (AvgIpc) is 3.01. The van der Waals surface area contributed by atoms with Gasteiger partial charge in [-0.3, -0.25) is 14.7 Å². The second kappa shape index (κ2) is 6.65. The number of benzene rings is 1. The predicted octanol–water partition coefficient (Wildman–Crippen LogP) is 0.657. The van der Waals surface area contributed by atoms with Crippen LogP contribution in [0.4, 0.5) is 0 Å². The Morgan fingerprint density at radius 3 is 2.48 bits per heavy atom. The Morgan fingerprint density at radius 2 is 1.90 bits per heavy atom. The van der Waals surface area contributed by atoms with Crippen LogP contribution < -0.4 is 10.6 Å². The molecule has 0 aliphatic heterocycles. The van der Waals surface area contributed by atoms with Crippen LogP contribution in [0.5, 0.6) is 0 Å². The lowest BCUT2D eigenvalue weighted by atomic mass is 10.1. The second-order valence-electron chi connectivity index (χ2n) is 4.42. The number of aromatic nitrogens is 3. The van der Waals surface area contributed by atoms with E-state index in [9.17, 15) is 9.59 Å². The Bertz CT molecular complexity index is 633. The number of hydrogen-bond donors (Lipinski definition) is 3. The van der Waals surface area contributed by atoms with Crippen LogP contribution in [-0.4, -0.2) is 34.0 Å². The molecule has 3 N–H and O–H groups in total. The standard InChI is InChI=1S/C14H17N5O2/c1-3-11-17-12(19-18-11)14(21)16-8-9-4-6-10(7-5-9)13(20)15-2/h4-7H,3,8H2,1-2H3,(H,15,20)(H,16,21)(H,17,18,19). The molecule has 2 aromatic rings. The molecule has 0 aliphatic carbocycles. The molecule has 0 atom stereocenters. The summed E-state index contributed by atoms with van der Waals surface area (Å²) in [6, 6.07) is 7.01. The van der Waals surface area contributed by atoms with E-state index in [4.69, 9.17) is 0 Å². The van der Waals surface area contributed by atoms with Crippen molar-refractivity contribution < 1.29 is 9.59 Å². The number of hydrogen-bond acceptors (Lipinski definition) is 4. The van der Waals surface area contributed by atoms with Gasteiger partial charge in [-0.2, -0.15) is 0 Å².